The highest BCUT2D eigenvalue weighted by molar-refractivity contribution is 7.99. The topological polar surface area (TPSA) is 110 Å². The molecule has 1 heterocycles. The van der Waals surface area contributed by atoms with Gasteiger partial charge in [0.1, 0.15) is 0 Å². The fraction of sp³-hybridized carbons (Fsp3) is 0.0455. The summed E-state index contributed by atoms with van der Waals surface area (Å²) in [5.74, 6) is -0.913. The number of non-ortho nitro benzene ring substituents is 1. The first-order chi connectivity index (χ1) is 14.9. The van der Waals surface area contributed by atoms with E-state index in [1.165, 1.54) is 40.9 Å². The van der Waals surface area contributed by atoms with Gasteiger partial charge in [-0.2, -0.15) is 0 Å². The predicted molar refractivity (Wildman–Crippen MR) is 115 cm³/mol. The molecular weight excluding hydrogens is 418 g/mol. The molecule has 31 heavy (non-hydrogen) atoms. The predicted octanol–water partition coefficient (Wildman–Crippen LogP) is 4.19. The molecular formula is C22H15N3O5S. The van der Waals surface area contributed by atoms with E-state index in [-0.39, 0.29) is 28.9 Å². The number of anilines is 1. The molecule has 1 aliphatic rings. The summed E-state index contributed by atoms with van der Waals surface area (Å²) in [6.45, 7) is 0. The zero-order valence-electron chi connectivity index (χ0n) is 16.0. The maximum Gasteiger partial charge on any atom is 0.270 e. The van der Waals surface area contributed by atoms with Gasteiger partial charge in [-0.3, -0.25) is 29.4 Å². The Morgan fingerprint density at radius 3 is 2.19 bits per heavy atom. The molecule has 0 radical (unpaired) electrons. The Morgan fingerprint density at radius 1 is 0.935 bits per heavy atom. The van der Waals surface area contributed by atoms with Crippen molar-refractivity contribution in [3.05, 3.63) is 99.6 Å². The summed E-state index contributed by atoms with van der Waals surface area (Å²) in [4.78, 5) is 49.5. The van der Waals surface area contributed by atoms with Gasteiger partial charge < -0.3 is 5.32 Å². The van der Waals surface area contributed by atoms with Gasteiger partial charge >= 0.3 is 0 Å². The largest absolute Gasteiger partial charge is 0.322 e. The number of rotatable bonds is 6. The average Bonchev–Trinajstić information content (AvgIpc) is 3.03. The summed E-state index contributed by atoms with van der Waals surface area (Å²) in [6.07, 6.45) is 0. The Labute approximate surface area is 181 Å². The third-order valence-electron chi connectivity index (χ3n) is 4.67. The Morgan fingerprint density at radius 2 is 1.58 bits per heavy atom. The lowest BCUT2D eigenvalue weighted by Gasteiger charge is -2.13. The molecule has 4 rings (SSSR count). The highest BCUT2D eigenvalue weighted by atomic mass is 32.2. The number of nitrogens with one attached hydrogen (secondary N) is 1. The van der Waals surface area contributed by atoms with E-state index >= 15 is 0 Å². The zero-order chi connectivity index (χ0) is 22.0. The van der Waals surface area contributed by atoms with Crippen LogP contribution in [0.4, 0.5) is 11.4 Å². The van der Waals surface area contributed by atoms with Crippen molar-refractivity contribution in [3.8, 4) is 0 Å². The van der Waals surface area contributed by atoms with Crippen LogP contribution in [0.1, 0.15) is 31.1 Å². The summed E-state index contributed by atoms with van der Waals surface area (Å²) in [5.41, 5.74) is 1.35. The molecule has 0 unspecified atom stereocenters. The number of hydrogen-bond donors (Lipinski definition) is 1. The second-order valence-electron chi connectivity index (χ2n) is 6.64. The fourth-order valence-electron chi connectivity index (χ4n) is 3.09. The van der Waals surface area contributed by atoms with Crippen molar-refractivity contribution in [2.45, 2.75) is 4.90 Å². The number of nitrogens with zero attached hydrogens (tertiary/aromatic N) is 2. The molecule has 154 valence electrons. The molecule has 0 aromatic heterocycles. The monoisotopic (exact) mass is 433 g/mol. The lowest BCUT2D eigenvalue weighted by Crippen LogP contribution is -2.29. The minimum atomic E-state index is -0.558. The van der Waals surface area contributed by atoms with Gasteiger partial charge in [0.2, 0.25) is 0 Å². The highest BCUT2D eigenvalue weighted by Gasteiger charge is 2.34. The van der Waals surface area contributed by atoms with Crippen molar-refractivity contribution in [1.82, 2.24) is 4.90 Å². The van der Waals surface area contributed by atoms with Gasteiger partial charge in [0.25, 0.3) is 23.4 Å². The van der Waals surface area contributed by atoms with Crippen LogP contribution < -0.4 is 5.32 Å². The Kier molecular flexibility index (Phi) is 5.50. The minimum Gasteiger partial charge on any atom is -0.322 e. The molecule has 3 amide bonds. The summed E-state index contributed by atoms with van der Waals surface area (Å²) in [6, 6.07) is 19.1. The van der Waals surface area contributed by atoms with Gasteiger partial charge in [-0.05, 0) is 42.5 Å². The molecule has 1 N–H and O–H groups in total. The third kappa shape index (κ3) is 4.17. The van der Waals surface area contributed by atoms with Crippen molar-refractivity contribution in [2.24, 2.45) is 0 Å². The number of carbonyl (C=O) groups excluding carboxylic acids is 3. The minimum absolute atomic E-state index is 0.160. The smallest absolute Gasteiger partial charge is 0.270 e. The van der Waals surface area contributed by atoms with Gasteiger partial charge in [0.05, 0.1) is 21.9 Å². The van der Waals surface area contributed by atoms with Crippen LogP contribution in [0.3, 0.4) is 0 Å². The molecule has 0 saturated carbocycles. The first kappa shape index (κ1) is 20.3. The van der Waals surface area contributed by atoms with Crippen LogP contribution in [0.25, 0.3) is 0 Å². The fourth-order valence-corrected chi connectivity index (χ4v) is 3.94. The van der Waals surface area contributed by atoms with Crippen LogP contribution in [0.2, 0.25) is 0 Å². The molecule has 9 heteroatoms. The number of nitro benzene ring substituents is 1. The molecule has 3 aromatic carbocycles. The zero-order valence-corrected chi connectivity index (χ0v) is 16.8. The lowest BCUT2D eigenvalue weighted by atomic mass is 10.1. The molecule has 0 fully saturated rings. The molecule has 0 bridgehead atoms. The van der Waals surface area contributed by atoms with Gasteiger partial charge in [0.15, 0.2) is 0 Å². The van der Waals surface area contributed by atoms with Crippen LogP contribution >= 0.6 is 11.8 Å². The molecule has 0 atom stereocenters. The Hall–Kier alpha value is -3.98. The summed E-state index contributed by atoms with van der Waals surface area (Å²) >= 11 is 1.32. The van der Waals surface area contributed by atoms with Gasteiger partial charge in [-0.25, -0.2) is 0 Å². The van der Waals surface area contributed by atoms with E-state index < -0.39 is 10.8 Å². The first-order valence-electron chi connectivity index (χ1n) is 9.18. The molecule has 0 saturated heterocycles. The summed E-state index contributed by atoms with van der Waals surface area (Å²) < 4.78 is 0. The Balaban J connectivity index is 1.37. The van der Waals surface area contributed by atoms with E-state index in [0.29, 0.717) is 16.8 Å². The summed E-state index contributed by atoms with van der Waals surface area (Å²) in [5, 5.41) is 13.5. The van der Waals surface area contributed by atoms with Gasteiger partial charge in [-0.1, -0.05) is 18.2 Å². The number of amides is 3. The highest BCUT2D eigenvalue weighted by Crippen LogP contribution is 2.28. The van der Waals surface area contributed by atoms with Gasteiger partial charge in [-0.15, -0.1) is 11.8 Å². The second-order valence-corrected chi connectivity index (χ2v) is 7.66. The molecule has 0 aliphatic carbocycles. The normalized spacial score (nSPS) is 12.6. The number of benzene rings is 3. The lowest BCUT2D eigenvalue weighted by molar-refractivity contribution is -0.384. The van der Waals surface area contributed by atoms with E-state index in [9.17, 15) is 24.5 Å². The van der Waals surface area contributed by atoms with Crippen LogP contribution in [0.15, 0.2) is 77.7 Å². The van der Waals surface area contributed by atoms with Crippen molar-refractivity contribution < 1.29 is 19.3 Å². The van der Waals surface area contributed by atoms with E-state index in [1.807, 2.05) is 0 Å². The second kappa shape index (κ2) is 8.41. The first-order valence-corrected chi connectivity index (χ1v) is 10.2. The number of thioether (sulfide) groups is 1. The van der Waals surface area contributed by atoms with E-state index in [2.05, 4.69) is 5.32 Å². The van der Waals surface area contributed by atoms with Crippen molar-refractivity contribution in [3.63, 3.8) is 0 Å². The number of fused-ring (bicyclic) bond motifs is 1. The van der Waals surface area contributed by atoms with Crippen molar-refractivity contribution in [2.75, 3.05) is 11.2 Å². The Bertz CT molecular complexity index is 1170. The average molecular weight is 433 g/mol. The molecule has 0 spiro atoms. The molecule has 3 aromatic rings. The van der Waals surface area contributed by atoms with Crippen LogP contribution in [0, 0.1) is 10.1 Å². The molecule has 8 nitrogen and oxygen atoms in total. The quantitative estimate of drug-likeness (QED) is 0.270. The van der Waals surface area contributed by atoms with E-state index in [1.54, 1.807) is 48.5 Å². The van der Waals surface area contributed by atoms with E-state index in [4.69, 9.17) is 0 Å². The van der Waals surface area contributed by atoms with Crippen molar-refractivity contribution in [1.29, 1.82) is 0 Å². The number of hydrogen-bond acceptors (Lipinski definition) is 6. The van der Waals surface area contributed by atoms with E-state index in [0.717, 1.165) is 4.90 Å². The van der Waals surface area contributed by atoms with Crippen molar-refractivity contribution >= 4 is 40.9 Å². The number of nitro groups is 1. The SMILES string of the molecule is O=C(Nc1ccc(SCN2C(=O)c3ccccc3C2=O)cc1)c1cccc([N+](=O)[O-])c1. The van der Waals surface area contributed by atoms with Gasteiger partial charge in [0, 0.05) is 28.3 Å². The number of imide groups is 1. The maximum absolute atomic E-state index is 12.4. The van der Waals surface area contributed by atoms with Crippen LogP contribution in [-0.2, 0) is 0 Å². The summed E-state index contributed by atoms with van der Waals surface area (Å²) in [7, 11) is 0. The van der Waals surface area contributed by atoms with Crippen LogP contribution in [0.5, 0.6) is 0 Å². The standard InChI is InChI=1S/C22H15N3O5S/c26-20(14-4-3-5-16(12-14)25(29)30)23-15-8-10-17(11-9-15)31-13-24-21(27)18-6-1-2-7-19(18)22(24)28/h1-12H,13H2,(H,23,26). The number of carbonyl (C=O) groups is 3. The molecule has 1 aliphatic heterocycles. The van der Waals surface area contributed by atoms with Crippen LogP contribution in [-0.4, -0.2) is 33.4 Å². The third-order valence-corrected chi connectivity index (χ3v) is 5.66. The maximum atomic E-state index is 12.4.